The quantitative estimate of drug-likeness (QED) is 0.806. The number of carbonyl (C=O) groups excluding carboxylic acids is 1. The predicted molar refractivity (Wildman–Crippen MR) is 101 cm³/mol. The Balaban J connectivity index is 1.69. The van der Waals surface area contributed by atoms with Crippen LogP contribution in [-0.4, -0.2) is 55.6 Å². The first-order valence-corrected chi connectivity index (χ1v) is 9.68. The molecular weight excluding hydrogens is 331 g/mol. The molecule has 26 heavy (non-hydrogen) atoms. The van der Waals surface area contributed by atoms with Crippen LogP contribution in [0.4, 0.5) is 4.39 Å². The maximum atomic E-state index is 14.2. The largest absolute Gasteiger partial charge is 0.383 e. The number of methoxy groups -OCH3 is 1. The lowest BCUT2D eigenvalue weighted by molar-refractivity contribution is -0.140. The second-order valence-electron chi connectivity index (χ2n) is 8.10. The van der Waals surface area contributed by atoms with E-state index >= 15 is 0 Å². The summed E-state index contributed by atoms with van der Waals surface area (Å²) in [6.07, 6.45) is 3.91. The third-order valence-electron chi connectivity index (χ3n) is 6.14. The lowest BCUT2D eigenvalue weighted by Gasteiger charge is -2.48. The van der Waals surface area contributed by atoms with E-state index in [1.165, 1.54) is 6.42 Å². The highest BCUT2D eigenvalue weighted by Crippen LogP contribution is 2.39. The summed E-state index contributed by atoms with van der Waals surface area (Å²) in [5, 5.41) is 0. The molecule has 0 radical (unpaired) electrons. The van der Waals surface area contributed by atoms with Gasteiger partial charge in [0.2, 0.25) is 5.91 Å². The zero-order valence-corrected chi connectivity index (χ0v) is 16.3. The maximum absolute atomic E-state index is 14.2. The highest BCUT2D eigenvalue weighted by molar-refractivity contribution is 5.77. The van der Waals surface area contributed by atoms with Crippen molar-refractivity contribution in [2.45, 2.75) is 46.1 Å². The minimum Gasteiger partial charge on any atom is -0.383 e. The van der Waals surface area contributed by atoms with Gasteiger partial charge in [0.25, 0.3) is 0 Å². The third-order valence-corrected chi connectivity index (χ3v) is 6.14. The van der Waals surface area contributed by atoms with Crippen LogP contribution in [-0.2, 0) is 16.1 Å². The van der Waals surface area contributed by atoms with Crippen LogP contribution in [0.3, 0.4) is 0 Å². The molecule has 0 saturated carbocycles. The molecule has 3 rings (SSSR count). The second-order valence-corrected chi connectivity index (χ2v) is 8.10. The van der Waals surface area contributed by atoms with Gasteiger partial charge in [0.05, 0.1) is 6.61 Å². The molecule has 1 spiro atoms. The Bertz CT molecular complexity index is 664. The van der Waals surface area contributed by atoms with E-state index < -0.39 is 0 Å². The fourth-order valence-electron chi connectivity index (χ4n) is 4.56. The summed E-state index contributed by atoms with van der Waals surface area (Å²) in [5.41, 5.74) is 2.73. The van der Waals surface area contributed by atoms with Gasteiger partial charge < -0.3 is 9.64 Å². The zero-order chi connectivity index (χ0) is 18.7. The molecule has 4 nitrogen and oxygen atoms in total. The summed E-state index contributed by atoms with van der Waals surface area (Å²) >= 11 is 0. The van der Waals surface area contributed by atoms with Gasteiger partial charge in [0.15, 0.2) is 0 Å². The second kappa shape index (κ2) is 8.05. The van der Waals surface area contributed by atoms with E-state index in [4.69, 9.17) is 4.74 Å². The van der Waals surface area contributed by atoms with E-state index in [0.29, 0.717) is 25.1 Å². The van der Waals surface area contributed by atoms with E-state index in [1.54, 1.807) is 7.11 Å². The predicted octanol–water partition coefficient (Wildman–Crippen LogP) is 3.29. The number of hydrogen-bond acceptors (Lipinski definition) is 3. The Hall–Kier alpha value is -1.46. The Morgan fingerprint density at radius 3 is 2.81 bits per heavy atom. The molecule has 0 N–H and O–H groups in total. The Labute approximate surface area is 156 Å². The van der Waals surface area contributed by atoms with E-state index in [0.717, 1.165) is 50.1 Å². The fraction of sp³-hybridized carbons (Fsp3) is 0.667. The van der Waals surface area contributed by atoms with E-state index in [2.05, 4.69) is 11.0 Å². The lowest BCUT2D eigenvalue weighted by Crippen LogP contribution is -2.54. The molecule has 0 bridgehead atoms. The highest BCUT2D eigenvalue weighted by atomic mass is 19.1. The maximum Gasteiger partial charge on any atom is 0.222 e. The van der Waals surface area contributed by atoms with Gasteiger partial charge >= 0.3 is 0 Å². The van der Waals surface area contributed by atoms with Crippen molar-refractivity contribution in [1.82, 2.24) is 9.80 Å². The molecule has 2 saturated heterocycles. The zero-order valence-electron chi connectivity index (χ0n) is 16.3. The van der Waals surface area contributed by atoms with Crippen molar-refractivity contribution >= 4 is 5.91 Å². The molecule has 2 heterocycles. The highest BCUT2D eigenvalue weighted by Gasteiger charge is 2.41. The van der Waals surface area contributed by atoms with Crippen molar-refractivity contribution in [1.29, 1.82) is 0 Å². The molecule has 2 aliphatic heterocycles. The van der Waals surface area contributed by atoms with Gasteiger partial charge in [-0.3, -0.25) is 9.69 Å². The van der Waals surface area contributed by atoms with Crippen molar-refractivity contribution < 1.29 is 13.9 Å². The minimum atomic E-state index is -0.0803. The van der Waals surface area contributed by atoms with Gasteiger partial charge in [-0.2, -0.15) is 0 Å². The number of benzene rings is 1. The molecule has 1 atom stereocenters. The number of halogens is 1. The van der Waals surface area contributed by atoms with Gasteiger partial charge in [0, 0.05) is 45.1 Å². The summed E-state index contributed by atoms with van der Waals surface area (Å²) in [6, 6.07) is 3.94. The molecule has 1 aromatic rings. The summed E-state index contributed by atoms with van der Waals surface area (Å²) in [7, 11) is 1.68. The lowest BCUT2D eigenvalue weighted by atomic mass is 9.73. The van der Waals surface area contributed by atoms with Crippen LogP contribution in [0.1, 0.15) is 42.4 Å². The van der Waals surface area contributed by atoms with Crippen LogP contribution < -0.4 is 0 Å². The Kier molecular flexibility index (Phi) is 5.98. The fourth-order valence-corrected chi connectivity index (χ4v) is 4.56. The van der Waals surface area contributed by atoms with E-state index in [9.17, 15) is 9.18 Å². The first kappa shape index (κ1) is 19.3. The van der Waals surface area contributed by atoms with Crippen LogP contribution in [0.2, 0.25) is 0 Å². The number of likely N-dealkylation sites (tertiary alicyclic amines) is 2. The molecule has 1 aromatic carbocycles. The van der Waals surface area contributed by atoms with Gasteiger partial charge in [-0.15, -0.1) is 0 Å². The van der Waals surface area contributed by atoms with E-state index in [1.807, 2.05) is 24.8 Å². The molecule has 0 unspecified atom stereocenters. The first-order chi connectivity index (χ1) is 12.4. The number of hydrogen-bond donors (Lipinski definition) is 0. The van der Waals surface area contributed by atoms with Crippen molar-refractivity contribution in [2.75, 3.05) is 39.9 Å². The molecule has 0 aromatic heterocycles. The summed E-state index contributed by atoms with van der Waals surface area (Å²) in [4.78, 5) is 16.7. The molecule has 2 aliphatic rings. The van der Waals surface area contributed by atoms with Crippen LogP contribution in [0.5, 0.6) is 0 Å². The van der Waals surface area contributed by atoms with Gasteiger partial charge in [-0.1, -0.05) is 12.1 Å². The van der Waals surface area contributed by atoms with Crippen molar-refractivity contribution in [2.24, 2.45) is 5.41 Å². The van der Waals surface area contributed by atoms with Crippen LogP contribution in [0.15, 0.2) is 12.1 Å². The summed E-state index contributed by atoms with van der Waals surface area (Å²) < 4.78 is 19.4. The molecule has 0 aliphatic carbocycles. The van der Waals surface area contributed by atoms with Crippen LogP contribution in [0, 0.1) is 25.1 Å². The molecule has 1 amide bonds. The average molecular weight is 362 g/mol. The number of amides is 1. The minimum absolute atomic E-state index is 0.0803. The number of nitrogens with zero attached hydrogens (tertiary/aromatic N) is 2. The molecule has 144 valence electrons. The van der Waals surface area contributed by atoms with Crippen LogP contribution >= 0.6 is 0 Å². The topological polar surface area (TPSA) is 32.8 Å². The van der Waals surface area contributed by atoms with Crippen LogP contribution in [0.25, 0.3) is 0 Å². The standard InChI is InChI=1S/C21H31FN2O2/c1-16-5-6-18(17(2)20(16)22)13-23-10-4-8-21(14-23)9-7-19(25)24(15-21)11-12-26-3/h5-6H,4,7-15H2,1-3H3/t21-/m0/s1. The van der Waals surface area contributed by atoms with E-state index in [-0.39, 0.29) is 17.1 Å². The van der Waals surface area contributed by atoms with Gasteiger partial charge in [0.1, 0.15) is 5.82 Å². The smallest absolute Gasteiger partial charge is 0.222 e. The SMILES string of the molecule is COCCN1C[C@@]2(CCCN(Cc3ccc(C)c(F)c3C)C2)CCC1=O. The number of rotatable bonds is 5. The number of carbonyl (C=O) groups is 1. The third kappa shape index (κ3) is 4.09. The normalized spacial score (nSPS) is 24.5. The average Bonchev–Trinajstić information content (AvgIpc) is 2.63. The number of ether oxygens (including phenoxy) is 1. The van der Waals surface area contributed by atoms with Crippen molar-refractivity contribution in [3.63, 3.8) is 0 Å². The summed E-state index contributed by atoms with van der Waals surface area (Å²) in [6.45, 7) is 8.61. The summed E-state index contributed by atoms with van der Waals surface area (Å²) in [5.74, 6) is 0.171. The molecule has 5 heteroatoms. The van der Waals surface area contributed by atoms with Gasteiger partial charge in [-0.05, 0) is 56.3 Å². The monoisotopic (exact) mass is 362 g/mol. The van der Waals surface area contributed by atoms with Crippen molar-refractivity contribution in [3.05, 3.63) is 34.6 Å². The molecule has 2 fully saturated rings. The number of aryl methyl sites for hydroxylation is 1. The Morgan fingerprint density at radius 1 is 1.23 bits per heavy atom. The first-order valence-electron chi connectivity index (χ1n) is 9.68. The molecular formula is C21H31FN2O2. The van der Waals surface area contributed by atoms with Crippen molar-refractivity contribution in [3.8, 4) is 0 Å². The Morgan fingerprint density at radius 2 is 2.04 bits per heavy atom. The van der Waals surface area contributed by atoms with Gasteiger partial charge in [-0.25, -0.2) is 4.39 Å². The number of piperidine rings is 2.